The van der Waals surface area contributed by atoms with Gasteiger partial charge in [-0.1, -0.05) is 6.08 Å². The summed E-state index contributed by atoms with van der Waals surface area (Å²) in [4.78, 5) is 0. The highest BCUT2D eigenvalue weighted by Gasteiger charge is 1.92. The van der Waals surface area contributed by atoms with Crippen LogP contribution in [0.5, 0.6) is 0 Å². The van der Waals surface area contributed by atoms with Crippen LogP contribution in [-0.4, -0.2) is 0 Å². The van der Waals surface area contributed by atoms with Crippen LogP contribution in [0.4, 0.5) is 0 Å². The second-order valence-electron chi connectivity index (χ2n) is 2.23. The molecule has 0 aliphatic heterocycles. The molecular weight excluding hydrogens is 150 g/mol. The topological polar surface area (TPSA) is 36.9 Å². The maximum Gasteiger partial charge on any atom is 0.127 e. The first-order chi connectivity index (χ1) is 5.86. The second kappa shape index (κ2) is 4.20. The van der Waals surface area contributed by atoms with Crippen LogP contribution < -0.4 is 0 Å². The highest BCUT2D eigenvalue weighted by Crippen LogP contribution is 2.07. The van der Waals surface area contributed by atoms with Gasteiger partial charge >= 0.3 is 0 Å². The van der Waals surface area contributed by atoms with Crippen LogP contribution in [0.1, 0.15) is 12.7 Å². The fourth-order valence-electron chi connectivity index (χ4n) is 0.824. The number of allylic oxidation sites excluding steroid dienone is 3. The Morgan fingerprint density at radius 1 is 1.67 bits per heavy atom. The summed E-state index contributed by atoms with van der Waals surface area (Å²) in [6.07, 6.45) is 6.83. The average molecular weight is 159 g/mol. The van der Waals surface area contributed by atoms with Gasteiger partial charge in [0.2, 0.25) is 0 Å². The molecule has 0 aliphatic rings. The van der Waals surface area contributed by atoms with E-state index in [2.05, 4.69) is 6.07 Å². The van der Waals surface area contributed by atoms with Gasteiger partial charge in [-0.25, -0.2) is 0 Å². The molecule has 0 amide bonds. The summed E-state index contributed by atoms with van der Waals surface area (Å²) < 4.78 is 5.05. The third-order valence-corrected chi connectivity index (χ3v) is 1.32. The Morgan fingerprint density at radius 3 is 3.00 bits per heavy atom. The van der Waals surface area contributed by atoms with Crippen molar-refractivity contribution in [2.45, 2.75) is 6.92 Å². The molecule has 0 fully saturated rings. The fraction of sp³-hybridized carbons (Fsp3) is 0.100. The predicted octanol–water partition coefficient (Wildman–Crippen LogP) is 2.76. The lowest BCUT2D eigenvalue weighted by Crippen LogP contribution is -1.70. The first kappa shape index (κ1) is 8.35. The summed E-state index contributed by atoms with van der Waals surface area (Å²) in [7, 11) is 0. The van der Waals surface area contributed by atoms with E-state index in [0.717, 1.165) is 0 Å². The van der Waals surface area contributed by atoms with Crippen LogP contribution in [0.2, 0.25) is 0 Å². The largest absolute Gasteiger partial charge is 0.465 e. The molecule has 2 heteroatoms. The van der Waals surface area contributed by atoms with Crippen molar-refractivity contribution < 1.29 is 4.42 Å². The molecule has 1 rings (SSSR count). The van der Waals surface area contributed by atoms with Crippen LogP contribution in [0.25, 0.3) is 6.08 Å². The molecule has 12 heavy (non-hydrogen) atoms. The van der Waals surface area contributed by atoms with Crippen molar-refractivity contribution >= 4 is 6.08 Å². The van der Waals surface area contributed by atoms with Gasteiger partial charge in [0.15, 0.2) is 0 Å². The SMILES string of the molecule is C/C=C/C(C#N)=C\c1ccco1. The maximum atomic E-state index is 8.64. The Labute approximate surface area is 71.4 Å². The van der Waals surface area contributed by atoms with E-state index in [-0.39, 0.29) is 0 Å². The second-order valence-corrected chi connectivity index (χ2v) is 2.23. The van der Waals surface area contributed by atoms with Crippen molar-refractivity contribution in [3.05, 3.63) is 41.9 Å². The van der Waals surface area contributed by atoms with Crippen LogP contribution in [0, 0.1) is 11.3 Å². The van der Waals surface area contributed by atoms with E-state index >= 15 is 0 Å². The monoisotopic (exact) mass is 159 g/mol. The third kappa shape index (κ3) is 2.14. The molecule has 0 aromatic carbocycles. The van der Waals surface area contributed by atoms with Gasteiger partial charge in [-0.2, -0.15) is 5.26 Å². The standard InChI is InChI=1S/C10H9NO/c1-2-4-9(8-11)7-10-5-3-6-12-10/h2-7H,1H3/b4-2+,9-7+. The zero-order chi connectivity index (χ0) is 8.81. The minimum atomic E-state index is 0.590. The summed E-state index contributed by atoms with van der Waals surface area (Å²) >= 11 is 0. The molecule has 0 spiro atoms. The van der Waals surface area contributed by atoms with Crippen molar-refractivity contribution in [3.8, 4) is 6.07 Å². The maximum absolute atomic E-state index is 8.64. The van der Waals surface area contributed by atoms with E-state index in [0.29, 0.717) is 11.3 Å². The van der Waals surface area contributed by atoms with Gasteiger partial charge in [-0.15, -0.1) is 0 Å². The van der Waals surface area contributed by atoms with E-state index < -0.39 is 0 Å². The predicted molar refractivity (Wildman–Crippen MR) is 47.1 cm³/mol. The van der Waals surface area contributed by atoms with Crippen LogP contribution >= 0.6 is 0 Å². The van der Waals surface area contributed by atoms with E-state index in [1.807, 2.05) is 13.0 Å². The number of hydrogen-bond acceptors (Lipinski definition) is 2. The average Bonchev–Trinajstić information content (AvgIpc) is 2.56. The Kier molecular flexibility index (Phi) is 2.92. The summed E-state index contributed by atoms with van der Waals surface area (Å²) in [5.41, 5.74) is 0.590. The molecule has 0 radical (unpaired) electrons. The van der Waals surface area contributed by atoms with Crippen LogP contribution in [0.15, 0.2) is 40.5 Å². The molecule has 1 aromatic rings. The Hall–Kier alpha value is -1.75. The van der Waals surface area contributed by atoms with Gasteiger partial charge in [0.1, 0.15) is 5.76 Å². The number of furan rings is 1. The molecule has 2 nitrogen and oxygen atoms in total. The first-order valence-corrected chi connectivity index (χ1v) is 3.65. The quantitative estimate of drug-likeness (QED) is 0.491. The molecule has 0 saturated heterocycles. The van der Waals surface area contributed by atoms with E-state index in [4.69, 9.17) is 9.68 Å². The van der Waals surface area contributed by atoms with Crippen molar-refractivity contribution in [2.24, 2.45) is 0 Å². The van der Waals surface area contributed by atoms with Gasteiger partial charge in [0, 0.05) is 0 Å². The lowest BCUT2D eigenvalue weighted by atomic mass is 10.2. The summed E-state index contributed by atoms with van der Waals surface area (Å²) in [5, 5.41) is 8.64. The minimum absolute atomic E-state index is 0.590. The van der Waals surface area contributed by atoms with Crippen LogP contribution in [0.3, 0.4) is 0 Å². The molecule has 0 aliphatic carbocycles. The van der Waals surface area contributed by atoms with Crippen molar-refractivity contribution in [1.82, 2.24) is 0 Å². The highest BCUT2D eigenvalue weighted by molar-refractivity contribution is 5.56. The molecule has 60 valence electrons. The van der Waals surface area contributed by atoms with E-state index in [9.17, 15) is 0 Å². The van der Waals surface area contributed by atoms with E-state index in [1.54, 1.807) is 30.5 Å². The number of rotatable bonds is 2. The number of hydrogen-bond donors (Lipinski definition) is 0. The summed E-state index contributed by atoms with van der Waals surface area (Å²) in [5.74, 6) is 0.699. The molecule has 1 aromatic heterocycles. The van der Waals surface area contributed by atoms with Gasteiger partial charge in [-0.05, 0) is 31.2 Å². The fourth-order valence-corrected chi connectivity index (χ4v) is 0.824. The Morgan fingerprint density at radius 2 is 2.50 bits per heavy atom. The Bertz CT molecular complexity index is 325. The van der Waals surface area contributed by atoms with Gasteiger partial charge in [-0.3, -0.25) is 0 Å². The normalized spacial score (nSPS) is 11.8. The molecular formula is C10H9NO. The van der Waals surface area contributed by atoms with E-state index in [1.165, 1.54) is 0 Å². The van der Waals surface area contributed by atoms with Crippen LogP contribution in [-0.2, 0) is 0 Å². The summed E-state index contributed by atoms with van der Waals surface area (Å²) in [6.45, 7) is 1.87. The zero-order valence-electron chi connectivity index (χ0n) is 6.82. The zero-order valence-corrected chi connectivity index (χ0v) is 6.82. The smallest absolute Gasteiger partial charge is 0.127 e. The molecule has 0 bridgehead atoms. The van der Waals surface area contributed by atoms with Crippen molar-refractivity contribution in [2.75, 3.05) is 0 Å². The van der Waals surface area contributed by atoms with Crippen molar-refractivity contribution in [1.29, 1.82) is 5.26 Å². The van der Waals surface area contributed by atoms with Crippen molar-refractivity contribution in [3.63, 3.8) is 0 Å². The molecule has 0 atom stereocenters. The molecule has 0 saturated carbocycles. The Balaban J connectivity index is 2.87. The number of nitriles is 1. The lowest BCUT2D eigenvalue weighted by Gasteiger charge is -1.85. The minimum Gasteiger partial charge on any atom is -0.465 e. The molecule has 0 N–H and O–H groups in total. The van der Waals surface area contributed by atoms with Gasteiger partial charge in [0.25, 0.3) is 0 Å². The number of nitrogens with zero attached hydrogens (tertiary/aromatic N) is 1. The summed E-state index contributed by atoms with van der Waals surface area (Å²) in [6, 6.07) is 5.65. The molecule has 1 heterocycles. The highest BCUT2D eigenvalue weighted by atomic mass is 16.3. The van der Waals surface area contributed by atoms with Gasteiger partial charge in [0.05, 0.1) is 17.9 Å². The first-order valence-electron chi connectivity index (χ1n) is 3.65. The van der Waals surface area contributed by atoms with Gasteiger partial charge < -0.3 is 4.42 Å². The molecule has 0 unspecified atom stereocenters. The third-order valence-electron chi connectivity index (χ3n) is 1.32. The lowest BCUT2D eigenvalue weighted by molar-refractivity contribution is 0.557.